The van der Waals surface area contributed by atoms with Gasteiger partial charge in [0.15, 0.2) is 16.7 Å². The van der Waals surface area contributed by atoms with Crippen LogP contribution < -0.4 is 14.8 Å². The first-order valence-corrected chi connectivity index (χ1v) is 9.49. The number of rotatable bonds is 5. The normalized spacial score (nSPS) is 16.7. The van der Waals surface area contributed by atoms with Gasteiger partial charge >= 0.3 is 0 Å². The number of hydrogen-bond donors (Lipinski definition) is 1. The first kappa shape index (κ1) is 19.0. The van der Waals surface area contributed by atoms with Crippen LogP contribution in [-0.2, 0) is 4.79 Å². The van der Waals surface area contributed by atoms with Crippen LogP contribution >= 0.6 is 11.8 Å². The second-order valence-corrected chi connectivity index (χ2v) is 7.15. The van der Waals surface area contributed by atoms with E-state index in [0.717, 1.165) is 22.4 Å². The maximum atomic E-state index is 12.3. The molecule has 0 unspecified atom stereocenters. The molecule has 1 aliphatic rings. The van der Waals surface area contributed by atoms with Crippen LogP contribution in [0.5, 0.6) is 11.5 Å². The number of aliphatic imine (C=N–C) groups is 1. The number of amides is 1. The summed E-state index contributed by atoms with van der Waals surface area (Å²) in [5.41, 5.74) is 3.92. The zero-order chi connectivity index (χ0) is 19.4. The summed E-state index contributed by atoms with van der Waals surface area (Å²) in [5.74, 6) is 1.17. The Balaban J connectivity index is 1.85. The van der Waals surface area contributed by atoms with Crippen molar-refractivity contribution in [3.05, 3.63) is 58.0 Å². The van der Waals surface area contributed by atoms with Crippen LogP contribution in [0.4, 0.5) is 5.69 Å². The van der Waals surface area contributed by atoms with E-state index in [1.807, 2.05) is 63.2 Å². The number of ether oxygens (including phenoxy) is 2. The summed E-state index contributed by atoms with van der Waals surface area (Å²) in [7, 11) is 1.60. The van der Waals surface area contributed by atoms with E-state index in [0.29, 0.717) is 28.2 Å². The first-order chi connectivity index (χ1) is 13.0. The Kier molecular flexibility index (Phi) is 5.86. The van der Waals surface area contributed by atoms with Gasteiger partial charge in [0.25, 0.3) is 5.91 Å². The molecule has 6 heteroatoms. The Morgan fingerprint density at radius 2 is 1.96 bits per heavy atom. The van der Waals surface area contributed by atoms with Gasteiger partial charge in [-0.2, -0.15) is 0 Å². The number of methoxy groups -OCH3 is 1. The summed E-state index contributed by atoms with van der Waals surface area (Å²) in [6.07, 6.45) is 1.82. The molecule has 1 saturated heterocycles. The van der Waals surface area contributed by atoms with Crippen LogP contribution in [0.1, 0.15) is 23.6 Å². The molecule has 1 amide bonds. The molecule has 0 aliphatic carbocycles. The highest BCUT2D eigenvalue weighted by Gasteiger charge is 2.24. The van der Waals surface area contributed by atoms with Gasteiger partial charge in [-0.05, 0) is 73.5 Å². The van der Waals surface area contributed by atoms with Crippen LogP contribution in [0, 0.1) is 13.8 Å². The van der Waals surface area contributed by atoms with Crippen LogP contribution in [0.25, 0.3) is 6.08 Å². The molecule has 3 rings (SSSR count). The summed E-state index contributed by atoms with van der Waals surface area (Å²) in [6, 6.07) is 11.7. The van der Waals surface area contributed by atoms with Crippen molar-refractivity contribution in [2.24, 2.45) is 4.99 Å². The Morgan fingerprint density at radius 1 is 1.15 bits per heavy atom. The van der Waals surface area contributed by atoms with E-state index in [4.69, 9.17) is 9.47 Å². The van der Waals surface area contributed by atoms with Gasteiger partial charge in [-0.15, -0.1) is 0 Å². The Labute approximate surface area is 163 Å². The number of aryl methyl sites for hydroxylation is 2. The van der Waals surface area contributed by atoms with Crippen LogP contribution in [0.2, 0.25) is 0 Å². The third-order valence-corrected chi connectivity index (χ3v) is 4.93. The highest BCUT2D eigenvalue weighted by atomic mass is 32.2. The van der Waals surface area contributed by atoms with Gasteiger partial charge in [-0.3, -0.25) is 4.79 Å². The molecule has 0 aromatic heterocycles. The fourth-order valence-corrected chi connectivity index (χ4v) is 3.46. The van der Waals surface area contributed by atoms with Crippen molar-refractivity contribution < 1.29 is 14.3 Å². The van der Waals surface area contributed by atoms with Crippen molar-refractivity contribution in [1.29, 1.82) is 0 Å². The minimum absolute atomic E-state index is 0.156. The zero-order valence-corrected chi connectivity index (χ0v) is 16.6. The Hall–Kier alpha value is -2.73. The third-order valence-electron chi connectivity index (χ3n) is 4.02. The number of hydrogen-bond acceptors (Lipinski definition) is 5. The van der Waals surface area contributed by atoms with Gasteiger partial charge < -0.3 is 14.8 Å². The SMILES string of the molecule is CCOc1ccc(/C=C2\SC(=Nc3cc(C)ccc3C)NC2=O)cc1OC. The maximum absolute atomic E-state index is 12.3. The topological polar surface area (TPSA) is 59.9 Å². The van der Waals surface area contributed by atoms with Gasteiger partial charge in [-0.25, -0.2) is 4.99 Å². The van der Waals surface area contributed by atoms with Crippen LogP contribution in [0.15, 0.2) is 46.3 Å². The lowest BCUT2D eigenvalue weighted by molar-refractivity contribution is -0.115. The molecule has 0 radical (unpaired) electrons. The van der Waals surface area contributed by atoms with Crippen molar-refractivity contribution in [2.75, 3.05) is 13.7 Å². The van der Waals surface area contributed by atoms with Gasteiger partial charge in [0, 0.05) is 0 Å². The minimum atomic E-state index is -0.156. The highest BCUT2D eigenvalue weighted by Crippen LogP contribution is 2.32. The van der Waals surface area contributed by atoms with Crippen molar-refractivity contribution in [3.8, 4) is 11.5 Å². The molecule has 0 bridgehead atoms. The molecule has 1 N–H and O–H groups in total. The molecule has 140 valence electrons. The minimum Gasteiger partial charge on any atom is -0.493 e. The molecule has 2 aromatic rings. The van der Waals surface area contributed by atoms with Crippen LogP contribution in [-0.4, -0.2) is 24.8 Å². The molecule has 1 heterocycles. The van der Waals surface area contributed by atoms with Gasteiger partial charge in [0.2, 0.25) is 0 Å². The quantitative estimate of drug-likeness (QED) is 0.768. The van der Waals surface area contributed by atoms with Crippen molar-refractivity contribution >= 4 is 34.6 Å². The maximum Gasteiger partial charge on any atom is 0.264 e. The Bertz CT molecular complexity index is 935. The van der Waals surface area contributed by atoms with E-state index in [9.17, 15) is 4.79 Å². The molecule has 27 heavy (non-hydrogen) atoms. The molecule has 1 aliphatic heterocycles. The molecule has 5 nitrogen and oxygen atoms in total. The predicted octanol–water partition coefficient (Wildman–Crippen LogP) is 4.60. The largest absolute Gasteiger partial charge is 0.493 e. The molecule has 2 aromatic carbocycles. The van der Waals surface area contributed by atoms with E-state index >= 15 is 0 Å². The molecule has 1 fully saturated rings. The molecule has 0 saturated carbocycles. The predicted molar refractivity (Wildman–Crippen MR) is 111 cm³/mol. The number of benzene rings is 2. The van der Waals surface area contributed by atoms with Crippen molar-refractivity contribution in [1.82, 2.24) is 5.32 Å². The summed E-state index contributed by atoms with van der Waals surface area (Å²) in [4.78, 5) is 17.5. The average molecular weight is 382 g/mol. The summed E-state index contributed by atoms with van der Waals surface area (Å²) in [5, 5.41) is 3.41. The van der Waals surface area contributed by atoms with Crippen molar-refractivity contribution in [2.45, 2.75) is 20.8 Å². The second-order valence-electron chi connectivity index (χ2n) is 6.11. The lowest BCUT2D eigenvalue weighted by Gasteiger charge is -2.09. The summed E-state index contributed by atoms with van der Waals surface area (Å²) < 4.78 is 10.9. The van der Waals surface area contributed by atoms with Gasteiger partial charge in [0.05, 0.1) is 24.3 Å². The number of nitrogens with zero attached hydrogens (tertiary/aromatic N) is 1. The Morgan fingerprint density at radius 3 is 2.70 bits per heavy atom. The van der Waals surface area contributed by atoms with Crippen molar-refractivity contribution in [3.63, 3.8) is 0 Å². The van der Waals surface area contributed by atoms with Crippen LogP contribution in [0.3, 0.4) is 0 Å². The molecular formula is C21H22N2O3S. The van der Waals surface area contributed by atoms with Gasteiger partial charge in [-0.1, -0.05) is 18.2 Å². The monoisotopic (exact) mass is 382 g/mol. The number of amidine groups is 1. The lowest BCUT2D eigenvalue weighted by atomic mass is 10.1. The fourth-order valence-electron chi connectivity index (χ4n) is 2.63. The van der Waals surface area contributed by atoms with Gasteiger partial charge in [0.1, 0.15) is 0 Å². The number of thioether (sulfide) groups is 1. The third kappa shape index (κ3) is 4.52. The number of nitrogens with one attached hydrogen (secondary N) is 1. The molecule has 0 spiro atoms. The molecule has 0 atom stereocenters. The summed E-state index contributed by atoms with van der Waals surface area (Å²) >= 11 is 1.33. The van der Waals surface area contributed by atoms with E-state index < -0.39 is 0 Å². The van der Waals surface area contributed by atoms with E-state index in [-0.39, 0.29) is 5.91 Å². The lowest BCUT2D eigenvalue weighted by Crippen LogP contribution is -2.19. The zero-order valence-electron chi connectivity index (χ0n) is 15.8. The van der Waals surface area contributed by atoms with E-state index in [1.165, 1.54) is 11.8 Å². The number of carbonyl (C=O) groups is 1. The molecular weight excluding hydrogens is 360 g/mol. The van der Waals surface area contributed by atoms with E-state index in [1.54, 1.807) is 7.11 Å². The standard InChI is InChI=1S/C21H22N2O3S/c1-5-26-17-9-8-15(11-18(17)25-4)12-19-20(24)23-21(27-19)22-16-10-13(2)6-7-14(16)3/h6-12H,5H2,1-4H3,(H,22,23,24)/b19-12-. The second kappa shape index (κ2) is 8.31. The fraction of sp³-hybridized carbons (Fsp3) is 0.238. The smallest absolute Gasteiger partial charge is 0.264 e. The average Bonchev–Trinajstić information content (AvgIpc) is 2.98. The van der Waals surface area contributed by atoms with E-state index in [2.05, 4.69) is 10.3 Å². The first-order valence-electron chi connectivity index (χ1n) is 8.68. The highest BCUT2D eigenvalue weighted by molar-refractivity contribution is 8.18. The summed E-state index contributed by atoms with van der Waals surface area (Å²) in [6.45, 7) is 6.51. The number of carbonyl (C=O) groups excluding carboxylic acids is 1.